The third-order valence-electron chi connectivity index (χ3n) is 5.60. The molecule has 2 atom stereocenters. The van der Waals surface area contributed by atoms with E-state index in [2.05, 4.69) is 64.8 Å². The zero-order valence-corrected chi connectivity index (χ0v) is 17.3. The Bertz CT molecular complexity index is 855. The van der Waals surface area contributed by atoms with E-state index in [0.717, 1.165) is 22.2 Å². The monoisotopic (exact) mass is 463 g/mol. The van der Waals surface area contributed by atoms with Crippen molar-refractivity contribution in [2.45, 2.75) is 24.9 Å². The van der Waals surface area contributed by atoms with Crippen LogP contribution in [0.25, 0.3) is 0 Å². The normalized spacial score (nSPS) is 24.3. The predicted octanol–water partition coefficient (Wildman–Crippen LogP) is 4.27. The first-order valence-corrected chi connectivity index (χ1v) is 9.78. The summed E-state index contributed by atoms with van der Waals surface area (Å²) in [6.07, 6.45) is 0.986. The van der Waals surface area contributed by atoms with E-state index < -0.39 is 6.09 Å². The van der Waals surface area contributed by atoms with Crippen LogP contribution in [0.1, 0.15) is 18.9 Å². The van der Waals surface area contributed by atoms with Gasteiger partial charge >= 0.3 is 6.09 Å². The largest absolute Gasteiger partial charge is 0.417 e. The smallest absolute Gasteiger partial charge is 0.410 e. The highest BCUT2D eigenvalue weighted by Crippen LogP contribution is 2.51. The molecule has 5 nitrogen and oxygen atoms in total. The molecule has 6 heteroatoms. The summed E-state index contributed by atoms with van der Waals surface area (Å²) >= 11 is 2.23. The van der Waals surface area contributed by atoms with Crippen LogP contribution in [0.5, 0.6) is 5.75 Å². The van der Waals surface area contributed by atoms with Crippen molar-refractivity contribution >= 4 is 40.1 Å². The second-order valence-corrected chi connectivity index (χ2v) is 8.58. The SMILES string of the molecule is CN1CC[C@]2(C)c3cc(OC(=O)Nc4ccc(I)cc4)ccc3N(C)C12. The number of nitrogens with zero attached hydrogens (tertiary/aromatic N) is 2. The first-order chi connectivity index (χ1) is 12.4. The van der Waals surface area contributed by atoms with Crippen LogP contribution in [0.3, 0.4) is 0 Å². The Morgan fingerprint density at radius 3 is 2.69 bits per heavy atom. The van der Waals surface area contributed by atoms with Gasteiger partial charge < -0.3 is 9.64 Å². The molecule has 1 amide bonds. The Balaban J connectivity index is 1.54. The van der Waals surface area contributed by atoms with E-state index in [9.17, 15) is 4.79 Å². The lowest BCUT2D eigenvalue weighted by Gasteiger charge is -2.32. The van der Waals surface area contributed by atoms with Crippen LogP contribution in [0.4, 0.5) is 16.2 Å². The van der Waals surface area contributed by atoms with Crippen molar-refractivity contribution in [3.63, 3.8) is 0 Å². The lowest BCUT2D eigenvalue weighted by molar-refractivity contribution is 0.215. The van der Waals surface area contributed by atoms with E-state index >= 15 is 0 Å². The predicted molar refractivity (Wildman–Crippen MR) is 112 cm³/mol. The molecule has 2 aliphatic heterocycles. The molecule has 2 aliphatic rings. The van der Waals surface area contributed by atoms with Crippen LogP contribution < -0.4 is 15.0 Å². The van der Waals surface area contributed by atoms with Crippen LogP contribution in [0.2, 0.25) is 0 Å². The Hall–Kier alpha value is -1.80. The minimum Gasteiger partial charge on any atom is -0.410 e. The zero-order chi connectivity index (χ0) is 18.5. The molecule has 0 aliphatic carbocycles. The lowest BCUT2D eigenvalue weighted by atomic mass is 9.81. The van der Waals surface area contributed by atoms with Gasteiger partial charge in [-0.2, -0.15) is 0 Å². The topological polar surface area (TPSA) is 44.8 Å². The summed E-state index contributed by atoms with van der Waals surface area (Å²) in [6, 6.07) is 13.6. The Morgan fingerprint density at radius 1 is 1.23 bits per heavy atom. The van der Waals surface area contributed by atoms with Gasteiger partial charge in [0.05, 0.1) is 6.17 Å². The van der Waals surface area contributed by atoms with Gasteiger partial charge in [-0.25, -0.2) is 4.79 Å². The van der Waals surface area contributed by atoms with E-state index in [-0.39, 0.29) is 5.41 Å². The summed E-state index contributed by atoms with van der Waals surface area (Å²) in [7, 11) is 4.31. The second-order valence-electron chi connectivity index (χ2n) is 7.33. The summed E-state index contributed by atoms with van der Waals surface area (Å²) in [5.74, 6) is 0.580. The van der Waals surface area contributed by atoms with Crippen LogP contribution in [0.15, 0.2) is 42.5 Å². The fourth-order valence-corrected chi connectivity index (χ4v) is 4.76. The highest BCUT2D eigenvalue weighted by atomic mass is 127. The number of anilines is 2. The van der Waals surface area contributed by atoms with Crippen molar-refractivity contribution < 1.29 is 9.53 Å². The van der Waals surface area contributed by atoms with Gasteiger partial charge in [-0.1, -0.05) is 6.92 Å². The average Bonchev–Trinajstić information content (AvgIpc) is 3.03. The van der Waals surface area contributed by atoms with Gasteiger partial charge in [0.1, 0.15) is 5.75 Å². The molecule has 1 fully saturated rings. The molecular formula is C20H22IN3O2. The van der Waals surface area contributed by atoms with Gasteiger partial charge in [0.25, 0.3) is 0 Å². The Morgan fingerprint density at radius 2 is 1.96 bits per heavy atom. The van der Waals surface area contributed by atoms with Gasteiger partial charge in [-0.15, -0.1) is 0 Å². The lowest BCUT2D eigenvalue weighted by Crippen LogP contribution is -2.45. The average molecular weight is 463 g/mol. The summed E-state index contributed by atoms with van der Waals surface area (Å²) in [5.41, 5.74) is 3.26. The minimum atomic E-state index is -0.470. The second kappa shape index (κ2) is 6.42. The van der Waals surface area contributed by atoms with Gasteiger partial charge in [0, 0.05) is 34.0 Å². The summed E-state index contributed by atoms with van der Waals surface area (Å²) in [4.78, 5) is 17.0. The highest BCUT2D eigenvalue weighted by Gasteiger charge is 2.52. The Kier molecular flexibility index (Phi) is 4.35. The third kappa shape index (κ3) is 2.85. The number of nitrogens with one attached hydrogen (secondary N) is 1. The summed E-state index contributed by atoms with van der Waals surface area (Å²) < 4.78 is 6.66. The van der Waals surface area contributed by atoms with Gasteiger partial charge in [-0.3, -0.25) is 10.2 Å². The maximum atomic E-state index is 12.2. The molecule has 26 heavy (non-hydrogen) atoms. The molecule has 136 valence electrons. The molecule has 0 aromatic heterocycles. The highest BCUT2D eigenvalue weighted by molar-refractivity contribution is 14.1. The quantitative estimate of drug-likeness (QED) is 0.676. The molecule has 0 saturated carbocycles. The number of rotatable bonds is 2. The van der Waals surface area contributed by atoms with Crippen molar-refractivity contribution in [1.29, 1.82) is 0 Å². The molecule has 2 aromatic rings. The Labute approximate surface area is 167 Å². The van der Waals surface area contributed by atoms with Crippen LogP contribution in [-0.4, -0.2) is 37.8 Å². The van der Waals surface area contributed by atoms with Crippen molar-refractivity contribution in [3.05, 3.63) is 51.6 Å². The number of ether oxygens (including phenoxy) is 1. The molecule has 0 spiro atoms. The summed E-state index contributed by atoms with van der Waals surface area (Å²) in [6.45, 7) is 3.38. The number of fused-ring (bicyclic) bond motifs is 3. The number of amides is 1. The fraction of sp³-hybridized carbons (Fsp3) is 0.350. The van der Waals surface area contributed by atoms with Crippen LogP contribution in [0, 0.1) is 3.57 Å². The van der Waals surface area contributed by atoms with Crippen LogP contribution >= 0.6 is 22.6 Å². The molecule has 0 bridgehead atoms. The number of likely N-dealkylation sites (tertiary alicyclic amines) is 1. The van der Waals surface area contributed by atoms with Crippen molar-refractivity contribution in [3.8, 4) is 5.75 Å². The maximum absolute atomic E-state index is 12.2. The van der Waals surface area contributed by atoms with E-state index in [0.29, 0.717) is 11.9 Å². The van der Waals surface area contributed by atoms with Gasteiger partial charge in [-0.05, 0) is 84.1 Å². The summed E-state index contributed by atoms with van der Waals surface area (Å²) in [5, 5.41) is 2.77. The number of benzene rings is 2. The number of likely N-dealkylation sites (N-methyl/N-ethyl adjacent to an activating group) is 2. The first kappa shape index (κ1) is 17.6. The van der Waals surface area contributed by atoms with Crippen molar-refractivity contribution in [2.75, 3.05) is 30.9 Å². The molecular weight excluding hydrogens is 441 g/mol. The number of carbonyl (C=O) groups excluding carboxylic acids is 1. The van der Waals surface area contributed by atoms with E-state index in [1.54, 1.807) is 0 Å². The third-order valence-corrected chi connectivity index (χ3v) is 6.32. The maximum Gasteiger partial charge on any atom is 0.417 e. The minimum absolute atomic E-state index is 0.0603. The number of halogens is 1. The molecule has 1 saturated heterocycles. The molecule has 1 N–H and O–H groups in total. The number of hydrogen-bond donors (Lipinski definition) is 1. The van der Waals surface area contributed by atoms with Crippen LogP contribution in [-0.2, 0) is 5.41 Å². The molecule has 0 radical (unpaired) electrons. The van der Waals surface area contributed by atoms with E-state index in [4.69, 9.17) is 4.74 Å². The van der Waals surface area contributed by atoms with Gasteiger partial charge in [0.2, 0.25) is 0 Å². The first-order valence-electron chi connectivity index (χ1n) is 8.70. The molecule has 1 unspecified atom stereocenters. The van der Waals surface area contributed by atoms with E-state index in [1.165, 1.54) is 11.3 Å². The standard InChI is InChI=1S/C20H22IN3O2/c1-20-10-11-23(2)18(20)24(3)17-9-8-15(12-16(17)20)26-19(25)22-14-6-4-13(21)5-7-14/h4-9,12,18H,10-11H2,1-3H3,(H,22,25)/t18?,20-/m1/s1. The fourth-order valence-electron chi connectivity index (χ4n) is 4.40. The van der Waals surface area contributed by atoms with Crippen molar-refractivity contribution in [2.24, 2.45) is 0 Å². The van der Waals surface area contributed by atoms with Crippen molar-refractivity contribution in [1.82, 2.24) is 4.90 Å². The van der Waals surface area contributed by atoms with E-state index in [1.807, 2.05) is 36.4 Å². The number of carbonyl (C=O) groups is 1. The molecule has 4 rings (SSSR count). The van der Waals surface area contributed by atoms with Gasteiger partial charge in [0.15, 0.2) is 0 Å². The molecule has 2 aromatic carbocycles. The number of hydrogen-bond acceptors (Lipinski definition) is 4. The molecule has 2 heterocycles. The zero-order valence-electron chi connectivity index (χ0n) is 15.1.